The summed E-state index contributed by atoms with van der Waals surface area (Å²) in [6.45, 7) is 1.46. The molecule has 0 aliphatic carbocycles. The highest BCUT2D eigenvalue weighted by atomic mass is 32.2. The van der Waals surface area contributed by atoms with E-state index in [9.17, 15) is 13.2 Å². The van der Waals surface area contributed by atoms with E-state index in [0.29, 0.717) is 38.3 Å². The van der Waals surface area contributed by atoms with E-state index in [1.165, 1.54) is 16.4 Å². The molecule has 0 atom stereocenters. The summed E-state index contributed by atoms with van der Waals surface area (Å²) in [6, 6.07) is 6.14. The lowest BCUT2D eigenvalue weighted by molar-refractivity contribution is 0.0697. The molecule has 1 aliphatic heterocycles. The van der Waals surface area contributed by atoms with Crippen LogP contribution in [0.2, 0.25) is 0 Å². The van der Waals surface area contributed by atoms with Crippen LogP contribution >= 0.6 is 0 Å². The van der Waals surface area contributed by atoms with Gasteiger partial charge in [0, 0.05) is 13.1 Å². The van der Waals surface area contributed by atoms with E-state index in [1.807, 2.05) is 0 Å². The second-order valence-corrected chi connectivity index (χ2v) is 6.69. The van der Waals surface area contributed by atoms with Crippen molar-refractivity contribution in [1.29, 1.82) is 0 Å². The van der Waals surface area contributed by atoms with Gasteiger partial charge in [-0.1, -0.05) is 0 Å². The fraction of sp³-hybridized carbons (Fsp3) is 0.462. The van der Waals surface area contributed by atoms with E-state index in [1.54, 1.807) is 12.1 Å². The van der Waals surface area contributed by atoms with Crippen molar-refractivity contribution < 1.29 is 23.1 Å². The Bertz CT molecular complexity index is 567. The molecule has 0 spiro atoms. The first kappa shape index (κ1) is 14.8. The minimum Gasteiger partial charge on any atom is -0.494 e. The lowest BCUT2D eigenvalue weighted by Gasteiger charge is -2.14. The van der Waals surface area contributed by atoms with Gasteiger partial charge in [-0.25, -0.2) is 17.5 Å². The second-order valence-electron chi connectivity index (χ2n) is 4.60. The van der Waals surface area contributed by atoms with Crippen LogP contribution in [0.3, 0.4) is 0 Å². The molecule has 0 radical (unpaired) electrons. The first-order valence-electron chi connectivity index (χ1n) is 6.43. The minimum atomic E-state index is -3.03. The summed E-state index contributed by atoms with van der Waals surface area (Å²) in [7, 11) is -3.03. The summed E-state index contributed by atoms with van der Waals surface area (Å²) in [5, 5.41) is 8.76. The number of carboxylic acids is 1. The molecule has 1 saturated heterocycles. The Morgan fingerprint density at radius 2 is 2.00 bits per heavy atom. The molecule has 7 heteroatoms. The number of rotatable bonds is 6. The number of benzene rings is 1. The maximum Gasteiger partial charge on any atom is 0.335 e. The predicted molar refractivity (Wildman–Crippen MR) is 73.5 cm³/mol. The molecule has 1 fully saturated rings. The largest absolute Gasteiger partial charge is 0.494 e. The summed E-state index contributed by atoms with van der Waals surface area (Å²) < 4.78 is 30.1. The first-order valence-corrected chi connectivity index (χ1v) is 8.04. The zero-order valence-corrected chi connectivity index (χ0v) is 11.8. The van der Waals surface area contributed by atoms with Crippen molar-refractivity contribution >= 4 is 16.0 Å². The van der Waals surface area contributed by atoms with Crippen molar-refractivity contribution in [2.75, 3.05) is 25.4 Å². The maximum absolute atomic E-state index is 11.6. The van der Waals surface area contributed by atoms with Crippen molar-refractivity contribution in [3.05, 3.63) is 29.8 Å². The third-order valence-corrected chi connectivity index (χ3v) is 5.08. The number of carboxylic acid groups (broad SMARTS) is 1. The first-order chi connectivity index (χ1) is 9.49. The van der Waals surface area contributed by atoms with E-state index >= 15 is 0 Å². The normalized spacial score (nSPS) is 18.0. The number of aromatic carboxylic acids is 1. The van der Waals surface area contributed by atoms with Crippen LogP contribution in [-0.4, -0.2) is 49.2 Å². The molecule has 1 heterocycles. The number of carbonyl (C=O) groups is 1. The van der Waals surface area contributed by atoms with E-state index in [2.05, 4.69) is 0 Å². The molecule has 1 aromatic carbocycles. The van der Waals surface area contributed by atoms with Gasteiger partial charge in [0.25, 0.3) is 0 Å². The number of hydrogen-bond donors (Lipinski definition) is 1. The standard InChI is InChI=1S/C13H17NO5S/c15-13(16)11-3-5-12(6-4-11)19-9-1-7-14-8-2-10-20(14,17)18/h3-6H,1-2,7-10H2,(H,15,16). The molecule has 20 heavy (non-hydrogen) atoms. The molecule has 1 N–H and O–H groups in total. The molecule has 1 aliphatic rings. The summed E-state index contributed by atoms with van der Waals surface area (Å²) >= 11 is 0. The van der Waals surface area contributed by atoms with Crippen LogP contribution in [0.15, 0.2) is 24.3 Å². The van der Waals surface area contributed by atoms with Gasteiger partial charge in [-0.3, -0.25) is 0 Å². The topological polar surface area (TPSA) is 83.9 Å². The van der Waals surface area contributed by atoms with Crippen molar-refractivity contribution in [1.82, 2.24) is 4.31 Å². The number of hydrogen-bond acceptors (Lipinski definition) is 4. The van der Waals surface area contributed by atoms with Gasteiger partial charge in [0.2, 0.25) is 10.0 Å². The Kier molecular flexibility index (Phi) is 4.61. The summed E-state index contributed by atoms with van der Waals surface area (Å²) in [5.41, 5.74) is 0.209. The van der Waals surface area contributed by atoms with Gasteiger partial charge in [-0.2, -0.15) is 0 Å². The Hall–Kier alpha value is -1.60. The molecule has 0 unspecified atom stereocenters. The quantitative estimate of drug-likeness (QED) is 0.798. The predicted octanol–water partition coefficient (Wildman–Crippen LogP) is 1.19. The SMILES string of the molecule is O=C(O)c1ccc(OCCCN2CCCS2(=O)=O)cc1. The molecular weight excluding hydrogens is 282 g/mol. The zero-order valence-electron chi connectivity index (χ0n) is 11.0. The third kappa shape index (κ3) is 3.71. The third-order valence-electron chi connectivity index (χ3n) is 3.13. The van der Waals surface area contributed by atoms with Crippen molar-refractivity contribution in [2.24, 2.45) is 0 Å². The van der Waals surface area contributed by atoms with Gasteiger partial charge in [0.1, 0.15) is 5.75 Å². The van der Waals surface area contributed by atoms with Crippen LogP contribution in [0.4, 0.5) is 0 Å². The highest BCUT2D eigenvalue weighted by molar-refractivity contribution is 7.89. The van der Waals surface area contributed by atoms with Gasteiger partial charge in [-0.05, 0) is 37.1 Å². The van der Waals surface area contributed by atoms with Crippen LogP contribution in [0, 0.1) is 0 Å². The average molecular weight is 299 g/mol. The molecule has 0 aromatic heterocycles. The monoisotopic (exact) mass is 299 g/mol. The summed E-state index contributed by atoms with van der Waals surface area (Å²) in [4.78, 5) is 10.7. The van der Waals surface area contributed by atoms with Gasteiger partial charge >= 0.3 is 5.97 Å². The summed E-state index contributed by atoms with van der Waals surface area (Å²) in [6.07, 6.45) is 1.31. The molecule has 1 aromatic rings. The van der Waals surface area contributed by atoms with Gasteiger partial charge in [0.05, 0.1) is 17.9 Å². The fourth-order valence-electron chi connectivity index (χ4n) is 2.07. The Labute approximate surface area is 118 Å². The average Bonchev–Trinajstić information content (AvgIpc) is 2.74. The smallest absolute Gasteiger partial charge is 0.335 e. The molecule has 2 rings (SSSR count). The van der Waals surface area contributed by atoms with E-state index in [0.717, 1.165) is 0 Å². The van der Waals surface area contributed by atoms with Gasteiger partial charge in [0.15, 0.2) is 0 Å². The van der Waals surface area contributed by atoms with Crippen LogP contribution < -0.4 is 4.74 Å². The van der Waals surface area contributed by atoms with Crippen molar-refractivity contribution in [3.8, 4) is 5.75 Å². The Morgan fingerprint density at radius 1 is 1.30 bits per heavy atom. The number of ether oxygens (including phenoxy) is 1. The zero-order chi connectivity index (χ0) is 14.6. The van der Waals surface area contributed by atoms with Crippen molar-refractivity contribution in [2.45, 2.75) is 12.8 Å². The maximum atomic E-state index is 11.6. The van der Waals surface area contributed by atoms with Gasteiger partial charge < -0.3 is 9.84 Å². The molecular formula is C13H17NO5S. The highest BCUT2D eigenvalue weighted by Gasteiger charge is 2.27. The van der Waals surface area contributed by atoms with Crippen LogP contribution in [0.1, 0.15) is 23.2 Å². The minimum absolute atomic E-state index is 0.209. The van der Waals surface area contributed by atoms with E-state index in [4.69, 9.17) is 9.84 Å². The fourth-order valence-corrected chi connectivity index (χ4v) is 3.63. The van der Waals surface area contributed by atoms with E-state index < -0.39 is 16.0 Å². The van der Waals surface area contributed by atoms with Gasteiger partial charge in [-0.15, -0.1) is 0 Å². The Balaban J connectivity index is 1.75. The summed E-state index contributed by atoms with van der Waals surface area (Å²) in [5.74, 6) is -0.153. The van der Waals surface area contributed by atoms with Crippen LogP contribution in [-0.2, 0) is 10.0 Å². The highest BCUT2D eigenvalue weighted by Crippen LogP contribution is 2.15. The van der Waals surface area contributed by atoms with Crippen molar-refractivity contribution in [3.63, 3.8) is 0 Å². The van der Waals surface area contributed by atoms with Crippen LogP contribution in [0.25, 0.3) is 0 Å². The molecule has 0 saturated carbocycles. The molecule has 110 valence electrons. The lowest BCUT2D eigenvalue weighted by Crippen LogP contribution is -2.27. The molecule has 6 nitrogen and oxygen atoms in total. The Morgan fingerprint density at radius 3 is 2.55 bits per heavy atom. The molecule has 0 amide bonds. The van der Waals surface area contributed by atoms with Crippen LogP contribution in [0.5, 0.6) is 5.75 Å². The second kappa shape index (κ2) is 6.23. The number of sulfonamides is 1. The molecule has 0 bridgehead atoms. The number of nitrogens with zero attached hydrogens (tertiary/aromatic N) is 1. The van der Waals surface area contributed by atoms with E-state index in [-0.39, 0.29) is 11.3 Å². The lowest BCUT2D eigenvalue weighted by atomic mass is 10.2.